The van der Waals surface area contributed by atoms with Crippen molar-refractivity contribution in [3.63, 3.8) is 0 Å². The van der Waals surface area contributed by atoms with E-state index in [0.717, 1.165) is 0 Å². The molecule has 0 radical (unpaired) electrons. The number of aromatic hydroxyl groups is 2. The molecule has 0 aliphatic heterocycles. The molecule has 0 bridgehead atoms. The third-order valence-electron chi connectivity index (χ3n) is 2.61. The normalized spacial score (nSPS) is 10.0. The summed E-state index contributed by atoms with van der Waals surface area (Å²) < 4.78 is 5.02. The van der Waals surface area contributed by atoms with Crippen LogP contribution >= 0.6 is 0 Å². The molecule has 20 heavy (non-hydrogen) atoms. The third kappa shape index (κ3) is 3.32. The highest BCUT2D eigenvalue weighted by Crippen LogP contribution is 2.22. The molecule has 0 heterocycles. The Kier molecular flexibility index (Phi) is 3.95. The molecule has 6 heteroatoms. The maximum atomic E-state index is 11.6. The fourth-order valence-corrected chi connectivity index (χ4v) is 1.59. The minimum absolute atomic E-state index is 0.000251. The van der Waals surface area contributed by atoms with Crippen molar-refractivity contribution in [1.29, 1.82) is 0 Å². The van der Waals surface area contributed by atoms with Gasteiger partial charge < -0.3 is 26.0 Å². The minimum Gasteiger partial charge on any atom is -0.508 e. The van der Waals surface area contributed by atoms with Gasteiger partial charge in [0, 0.05) is 12.1 Å². The molecule has 0 aromatic heterocycles. The first kappa shape index (κ1) is 13.5. The van der Waals surface area contributed by atoms with E-state index in [2.05, 4.69) is 5.32 Å². The molecule has 6 nitrogen and oxygen atoms in total. The predicted molar refractivity (Wildman–Crippen MR) is 73.5 cm³/mol. The lowest BCUT2D eigenvalue weighted by molar-refractivity contribution is 0.200. The highest BCUT2D eigenvalue weighted by Gasteiger charge is 2.08. The van der Waals surface area contributed by atoms with Gasteiger partial charge in [-0.3, -0.25) is 0 Å². The van der Waals surface area contributed by atoms with Gasteiger partial charge >= 0.3 is 6.09 Å². The van der Waals surface area contributed by atoms with Crippen molar-refractivity contribution >= 4 is 11.8 Å². The summed E-state index contributed by atoms with van der Waals surface area (Å²) in [5, 5.41) is 21.3. The van der Waals surface area contributed by atoms with E-state index in [0.29, 0.717) is 11.3 Å². The molecule has 2 aromatic rings. The van der Waals surface area contributed by atoms with Gasteiger partial charge in [-0.25, -0.2) is 4.79 Å². The first-order chi connectivity index (χ1) is 9.56. The lowest BCUT2D eigenvalue weighted by Gasteiger charge is -2.09. The number of amides is 1. The van der Waals surface area contributed by atoms with Crippen molar-refractivity contribution in [2.75, 3.05) is 5.73 Å². The minimum atomic E-state index is -0.703. The number of ether oxygens (including phenoxy) is 1. The van der Waals surface area contributed by atoms with Crippen molar-refractivity contribution in [2.24, 2.45) is 0 Å². The average Bonchev–Trinajstić information content (AvgIpc) is 2.42. The van der Waals surface area contributed by atoms with Crippen LogP contribution in [0.25, 0.3) is 0 Å². The van der Waals surface area contributed by atoms with Crippen molar-refractivity contribution in [2.45, 2.75) is 6.54 Å². The molecule has 0 spiro atoms. The monoisotopic (exact) mass is 274 g/mol. The second-order valence-electron chi connectivity index (χ2n) is 4.09. The van der Waals surface area contributed by atoms with Gasteiger partial charge in [-0.2, -0.15) is 0 Å². The number of nitrogens with two attached hydrogens (primary N) is 1. The molecular formula is C14H14N2O4. The zero-order valence-corrected chi connectivity index (χ0v) is 10.5. The number of carbonyl (C=O) groups is 1. The molecule has 0 saturated heterocycles. The Morgan fingerprint density at radius 2 is 1.95 bits per heavy atom. The van der Waals surface area contributed by atoms with Crippen LogP contribution in [0.15, 0.2) is 42.5 Å². The molecule has 0 aliphatic rings. The van der Waals surface area contributed by atoms with Crippen molar-refractivity contribution in [3.8, 4) is 17.2 Å². The summed E-state index contributed by atoms with van der Waals surface area (Å²) in [6.07, 6.45) is -0.703. The SMILES string of the molecule is Nc1ccccc1OC(=O)NCc1cc(O)ccc1O. The van der Waals surface area contributed by atoms with E-state index in [1.807, 2.05) is 0 Å². The van der Waals surface area contributed by atoms with E-state index in [-0.39, 0.29) is 23.8 Å². The predicted octanol–water partition coefficient (Wildman–Crippen LogP) is 1.97. The van der Waals surface area contributed by atoms with E-state index < -0.39 is 6.09 Å². The Morgan fingerprint density at radius 1 is 1.20 bits per heavy atom. The number of rotatable bonds is 3. The van der Waals surface area contributed by atoms with Gasteiger partial charge in [-0.1, -0.05) is 12.1 Å². The van der Waals surface area contributed by atoms with Gasteiger partial charge in [-0.05, 0) is 30.3 Å². The Bertz CT molecular complexity index is 628. The largest absolute Gasteiger partial charge is 0.508 e. The number of nitrogens with one attached hydrogen (secondary N) is 1. The smallest absolute Gasteiger partial charge is 0.412 e. The van der Waals surface area contributed by atoms with Gasteiger partial charge in [0.2, 0.25) is 0 Å². The maximum Gasteiger partial charge on any atom is 0.412 e. The quantitative estimate of drug-likeness (QED) is 0.506. The highest BCUT2D eigenvalue weighted by molar-refractivity contribution is 5.72. The summed E-state index contributed by atoms with van der Waals surface area (Å²) in [5.74, 6) is 0.229. The molecule has 0 fully saturated rings. The number of hydrogen-bond acceptors (Lipinski definition) is 5. The molecule has 0 saturated carbocycles. The van der Waals surface area contributed by atoms with Crippen LogP contribution in [-0.2, 0) is 6.54 Å². The zero-order valence-electron chi connectivity index (χ0n) is 10.5. The van der Waals surface area contributed by atoms with Crippen molar-refractivity contribution in [3.05, 3.63) is 48.0 Å². The number of nitrogen functional groups attached to an aromatic ring is 1. The summed E-state index contributed by atoms with van der Waals surface area (Å²) in [6.45, 7) is 0.0196. The second kappa shape index (κ2) is 5.83. The van der Waals surface area contributed by atoms with E-state index in [4.69, 9.17) is 10.5 Å². The third-order valence-corrected chi connectivity index (χ3v) is 2.61. The van der Waals surface area contributed by atoms with E-state index >= 15 is 0 Å². The zero-order chi connectivity index (χ0) is 14.5. The summed E-state index contributed by atoms with van der Waals surface area (Å²) >= 11 is 0. The number of hydrogen-bond donors (Lipinski definition) is 4. The summed E-state index contributed by atoms with van der Waals surface area (Å²) in [6, 6.07) is 10.6. The van der Waals surface area contributed by atoms with E-state index in [1.54, 1.807) is 24.3 Å². The van der Waals surface area contributed by atoms with E-state index in [9.17, 15) is 15.0 Å². The Hall–Kier alpha value is -2.89. The van der Waals surface area contributed by atoms with Gasteiger partial charge in [0.1, 0.15) is 11.5 Å². The van der Waals surface area contributed by atoms with Crippen LogP contribution in [0, 0.1) is 0 Å². The van der Waals surface area contributed by atoms with Gasteiger partial charge in [0.15, 0.2) is 5.75 Å². The fourth-order valence-electron chi connectivity index (χ4n) is 1.59. The van der Waals surface area contributed by atoms with Crippen LogP contribution in [0.1, 0.15) is 5.56 Å². The topological polar surface area (TPSA) is 105 Å². The first-order valence-electron chi connectivity index (χ1n) is 5.87. The van der Waals surface area contributed by atoms with Crippen LogP contribution in [0.3, 0.4) is 0 Å². The highest BCUT2D eigenvalue weighted by atomic mass is 16.6. The molecule has 1 amide bonds. The average molecular weight is 274 g/mol. The lowest BCUT2D eigenvalue weighted by atomic mass is 10.2. The number of benzene rings is 2. The first-order valence-corrected chi connectivity index (χ1v) is 5.87. The van der Waals surface area contributed by atoms with Crippen LogP contribution in [0.4, 0.5) is 10.5 Å². The Morgan fingerprint density at radius 3 is 2.70 bits per heavy atom. The number of phenols is 2. The standard InChI is InChI=1S/C14H14N2O4/c15-11-3-1-2-4-13(11)20-14(19)16-8-9-7-10(17)5-6-12(9)18/h1-7,17-18H,8,15H2,(H,16,19). The fraction of sp³-hybridized carbons (Fsp3) is 0.0714. The molecule has 104 valence electrons. The summed E-state index contributed by atoms with van der Waals surface area (Å²) in [4.78, 5) is 11.6. The molecule has 0 atom stereocenters. The molecule has 2 rings (SSSR count). The number of para-hydroxylation sites is 2. The van der Waals surface area contributed by atoms with Crippen LogP contribution in [0.5, 0.6) is 17.2 Å². The summed E-state index contributed by atoms with van der Waals surface area (Å²) in [5.41, 5.74) is 6.37. The van der Waals surface area contributed by atoms with Gasteiger partial charge in [-0.15, -0.1) is 0 Å². The molecule has 0 unspecified atom stereocenters. The van der Waals surface area contributed by atoms with Crippen molar-refractivity contribution < 1.29 is 19.7 Å². The lowest BCUT2D eigenvalue weighted by Crippen LogP contribution is -2.26. The Labute approximate surface area is 115 Å². The maximum absolute atomic E-state index is 11.6. The second-order valence-corrected chi connectivity index (χ2v) is 4.09. The number of anilines is 1. The number of phenolic OH excluding ortho intramolecular Hbond substituents is 2. The number of carbonyl (C=O) groups excluding carboxylic acids is 1. The van der Waals surface area contributed by atoms with Gasteiger partial charge in [0.05, 0.1) is 5.69 Å². The van der Waals surface area contributed by atoms with E-state index in [1.165, 1.54) is 18.2 Å². The van der Waals surface area contributed by atoms with Crippen LogP contribution < -0.4 is 15.8 Å². The van der Waals surface area contributed by atoms with Crippen LogP contribution in [-0.4, -0.2) is 16.3 Å². The Balaban J connectivity index is 1.96. The molecule has 2 aromatic carbocycles. The molecule has 5 N–H and O–H groups in total. The van der Waals surface area contributed by atoms with Gasteiger partial charge in [0.25, 0.3) is 0 Å². The summed E-state index contributed by atoms with van der Waals surface area (Å²) in [7, 11) is 0. The van der Waals surface area contributed by atoms with Crippen LogP contribution in [0.2, 0.25) is 0 Å². The molecular weight excluding hydrogens is 260 g/mol. The molecule has 0 aliphatic carbocycles. The van der Waals surface area contributed by atoms with Crippen molar-refractivity contribution in [1.82, 2.24) is 5.32 Å².